The highest BCUT2D eigenvalue weighted by Crippen LogP contribution is 2.22. The predicted octanol–water partition coefficient (Wildman–Crippen LogP) is 2.23. The number of likely N-dealkylation sites (N-methyl/N-ethyl adjacent to an activating group) is 1. The van der Waals surface area contributed by atoms with E-state index in [1.807, 2.05) is 13.1 Å². The second-order valence-electron chi connectivity index (χ2n) is 4.05. The maximum atomic E-state index is 5.60. The van der Waals surface area contributed by atoms with Gasteiger partial charge in [-0.3, -0.25) is 0 Å². The Bertz CT molecular complexity index is 265. The molecule has 15 heavy (non-hydrogen) atoms. The van der Waals surface area contributed by atoms with Crippen molar-refractivity contribution < 1.29 is 9.15 Å². The van der Waals surface area contributed by atoms with Gasteiger partial charge in [-0.25, -0.2) is 0 Å². The summed E-state index contributed by atoms with van der Waals surface area (Å²) in [6.07, 6.45) is 5.40. The van der Waals surface area contributed by atoms with E-state index in [2.05, 4.69) is 19.2 Å². The number of hydrogen-bond acceptors (Lipinski definition) is 3. The van der Waals surface area contributed by atoms with Crippen LogP contribution in [0.1, 0.15) is 25.8 Å². The molecule has 2 atom stereocenters. The molecular formula is C12H21NO2. The summed E-state index contributed by atoms with van der Waals surface area (Å²) in [4.78, 5) is 0. The lowest BCUT2D eigenvalue weighted by molar-refractivity contribution is -0.0268. The molecule has 1 aromatic rings. The van der Waals surface area contributed by atoms with E-state index >= 15 is 0 Å². The molecule has 0 radical (unpaired) electrons. The van der Waals surface area contributed by atoms with E-state index in [0.29, 0.717) is 6.04 Å². The number of ether oxygens (including phenoxy) is 1. The van der Waals surface area contributed by atoms with Crippen molar-refractivity contribution in [3.63, 3.8) is 0 Å². The summed E-state index contributed by atoms with van der Waals surface area (Å²) in [7, 11) is 3.74. The first-order valence-electron chi connectivity index (χ1n) is 5.39. The van der Waals surface area contributed by atoms with Crippen LogP contribution < -0.4 is 5.32 Å². The molecule has 0 aliphatic rings. The topological polar surface area (TPSA) is 34.4 Å². The Labute approximate surface area is 91.8 Å². The van der Waals surface area contributed by atoms with Gasteiger partial charge in [0.25, 0.3) is 0 Å². The van der Waals surface area contributed by atoms with Crippen molar-refractivity contribution >= 4 is 0 Å². The summed E-state index contributed by atoms with van der Waals surface area (Å²) in [5.74, 6) is 0. The van der Waals surface area contributed by atoms with Crippen LogP contribution in [0.3, 0.4) is 0 Å². The highest BCUT2D eigenvalue weighted by Gasteiger charge is 2.31. The summed E-state index contributed by atoms with van der Waals surface area (Å²) in [6, 6.07) is 2.29. The van der Waals surface area contributed by atoms with E-state index in [9.17, 15) is 0 Å². The molecule has 0 aliphatic carbocycles. The first-order valence-corrected chi connectivity index (χ1v) is 5.39. The molecule has 0 fully saturated rings. The number of rotatable bonds is 6. The third kappa shape index (κ3) is 2.83. The number of hydrogen-bond donors (Lipinski definition) is 1. The normalized spacial score (nSPS) is 17.3. The van der Waals surface area contributed by atoms with Crippen molar-refractivity contribution in [3.05, 3.63) is 24.2 Å². The van der Waals surface area contributed by atoms with Crippen LogP contribution in [0.5, 0.6) is 0 Å². The highest BCUT2D eigenvalue weighted by atomic mass is 16.5. The fourth-order valence-corrected chi connectivity index (χ4v) is 1.80. The number of nitrogens with one attached hydrogen (secondary N) is 1. The first-order chi connectivity index (χ1) is 7.16. The van der Waals surface area contributed by atoms with Gasteiger partial charge in [0.05, 0.1) is 18.1 Å². The average Bonchev–Trinajstić information content (AvgIpc) is 2.77. The molecule has 2 unspecified atom stereocenters. The van der Waals surface area contributed by atoms with Gasteiger partial charge in [-0.05, 0) is 38.4 Å². The van der Waals surface area contributed by atoms with Gasteiger partial charge in [0.2, 0.25) is 0 Å². The van der Waals surface area contributed by atoms with Crippen molar-refractivity contribution in [2.24, 2.45) is 0 Å². The van der Waals surface area contributed by atoms with Gasteiger partial charge in [-0.15, -0.1) is 0 Å². The molecule has 0 aliphatic heterocycles. The summed E-state index contributed by atoms with van der Waals surface area (Å²) < 4.78 is 10.7. The van der Waals surface area contributed by atoms with Crippen LogP contribution in [0.4, 0.5) is 0 Å². The van der Waals surface area contributed by atoms with Crippen molar-refractivity contribution in [3.8, 4) is 0 Å². The van der Waals surface area contributed by atoms with Crippen molar-refractivity contribution in [1.82, 2.24) is 5.32 Å². The molecule has 0 amide bonds. The van der Waals surface area contributed by atoms with Crippen molar-refractivity contribution in [2.45, 2.75) is 38.3 Å². The minimum Gasteiger partial charge on any atom is -0.472 e. The van der Waals surface area contributed by atoms with Crippen LogP contribution in [0.2, 0.25) is 0 Å². The van der Waals surface area contributed by atoms with Gasteiger partial charge in [-0.1, -0.05) is 6.92 Å². The summed E-state index contributed by atoms with van der Waals surface area (Å²) in [5.41, 5.74) is 1.07. The Morgan fingerprint density at radius 1 is 1.60 bits per heavy atom. The van der Waals surface area contributed by atoms with E-state index in [-0.39, 0.29) is 5.60 Å². The zero-order valence-corrected chi connectivity index (χ0v) is 10.0. The molecule has 86 valence electrons. The minimum absolute atomic E-state index is 0.133. The molecule has 1 aromatic heterocycles. The molecule has 0 saturated heterocycles. The molecule has 0 spiro atoms. The third-order valence-corrected chi connectivity index (χ3v) is 3.27. The lowest BCUT2D eigenvalue weighted by Gasteiger charge is -2.35. The standard InChI is InChI=1S/C12H21NO2/c1-5-12(2,14-4)11(13-3)8-10-6-7-15-9-10/h6-7,9,11,13H,5,8H2,1-4H3. The molecule has 3 nitrogen and oxygen atoms in total. The second kappa shape index (κ2) is 5.33. The molecule has 0 saturated carbocycles. The Hall–Kier alpha value is -0.800. The minimum atomic E-state index is -0.133. The quantitative estimate of drug-likeness (QED) is 0.783. The van der Waals surface area contributed by atoms with Gasteiger partial charge in [-0.2, -0.15) is 0 Å². The SMILES string of the molecule is CCC(C)(OC)C(Cc1ccoc1)NC. The van der Waals surface area contributed by atoms with Gasteiger partial charge < -0.3 is 14.5 Å². The maximum absolute atomic E-state index is 5.60. The van der Waals surface area contributed by atoms with E-state index in [4.69, 9.17) is 9.15 Å². The summed E-state index contributed by atoms with van der Waals surface area (Å²) >= 11 is 0. The van der Waals surface area contributed by atoms with Gasteiger partial charge in [0.1, 0.15) is 0 Å². The molecule has 0 aromatic carbocycles. The van der Waals surface area contributed by atoms with Gasteiger partial charge >= 0.3 is 0 Å². The molecule has 1 heterocycles. The lowest BCUT2D eigenvalue weighted by atomic mass is 9.89. The molecule has 3 heteroatoms. The van der Waals surface area contributed by atoms with Crippen LogP contribution in [0.25, 0.3) is 0 Å². The van der Waals surface area contributed by atoms with E-state index in [0.717, 1.165) is 12.8 Å². The van der Waals surface area contributed by atoms with Crippen LogP contribution in [-0.2, 0) is 11.2 Å². The summed E-state index contributed by atoms with van der Waals surface area (Å²) in [5, 5.41) is 3.32. The zero-order valence-electron chi connectivity index (χ0n) is 10.0. The molecular weight excluding hydrogens is 190 g/mol. The zero-order chi connectivity index (χ0) is 11.3. The van der Waals surface area contributed by atoms with Gasteiger partial charge in [0.15, 0.2) is 0 Å². The number of furan rings is 1. The third-order valence-electron chi connectivity index (χ3n) is 3.27. The largest absolute Gasteiger partial charge is 0.472 e. The Kier molecular flexibility index (Phi) is 4.36. The van der Waals surface area contributed by atoms with Crippen LogP contribution in [0, 0.1) is 0 Å². The monoisotopic (exact) mass is 211 g/mol. The molecule has 0 bridgehead atoms. The fraction of sp³-hybridized carbons (Fsp3) is 0.667. The highest BCUT2D eigenvalue weighted by molar-refractivity contribution is 5.09. The Morgan fingerprint density at radius 2 is 2.33 bits per heavy atom. The predicted molar refractivity (Wildman–Crippen MR) is 61.0 cm³/mol. The average molecular weight is 211 g/mol. The van der Waals surface area contributed by atoms with E-state index in [1.165, 1.54) is 5.56 Å². The van der Waals surface area contributed by atoms with Crippen molar-refractivity contribution in [2.75, 3.05) is 14.2 Å². The second-order valence-corrected chi connectivity index (χ2v) is 4.05. The van der Waals surface area contributed by atoms with E-state index in [1.54, 1.807) is 19.6 Å². The Balaban J connectivity index is 2.70. The van der Waals surface area contributed by atoms with Crippen molar-refractivity contribution in [1.29, 1.82) is 0 Å². The lowest BCUT2D eigenvalue weighted by Crippen LogP contribution is -2.49. The smallest absolute Gasteiger partial charge is 0.0935 e. The van der Waals surface area contributed by atoms with E-state index < -0.39 is 0 Å². The molecule has 1 N–H and O–H groups in total. The maximum Gasteiger partial charge on any atom is 0.0935 e. The molecule has 1 rings (SSSR count). The van der Waals surface area contributed by atoms with Gasteiger partial charge in [0, 0.05) is 13.2 Å². The Morgan fingerprint density at radius 3 is 2.73 bits per heavy atom. The number of methoxy groups -OCH3 is 1. The summed E-state index contributed by atoms with van der Waals surface area (Å²) in [6.45, 7) is 4.28. The van der Waals surface area contributed by atoms with Crippen LogP contribution in [-0.4, -0.2) is 25.8 Å². The fourth-order valence-electron chi connectivity index (χ4n) is 1.80. The van der Waals surface area contributed by atoms with Crippen LogP contribution >= 0.6 is 0 Å². The van der Waals surface area contributed by atoms with Crippen LogP contribution in [0.15, 0.2) is 23.0 Å². The first kappa shape index (κ1) is 12.3.